The summed E-state index contributed by atoms with van der Waals surface area (Å²) in [5.41, 5.74) is 0. The number of hydrogen-bond acceptors (Lipinski definition) is 5. The van der Waals surface area contributed by atoms with Gasteiger partial charge in [-0.25, -0.2) is 0 Å². The lowest BCUT2D eigenvalue weighted by Crippen LogP contribution is -2.67. The van der Waals surface area contributed by atoms with Gasteiger partial charge < -0.3 is 15.5 Å². The van der Waals surface area contributed by atoms with E-state index in [2.05, 4.69) is 16.0 Å². The van der Waals surface area contributed by atoms with Crippen molar-refractivity contribution in [3.63, 3.8) is 0 Å². The fourth-order valence-corrected chi connectivity index (χ4v) is 5.86. The van der Waals surface area contributed by atoms with Gasteiger partial charge in [-0.1, -0.05) is 32.1 Å². The van der Waals surface area contributed by atoms with Crippen LogP contribution in [0.3, 0.4) is 0 Å². The summed E-state index contributed by atoms with van der Waals surface area (Å²) < 4.78 is 0. The van der Waals surface area contributed by atoms with E-state index in [1.54, 1.807) is 16.7 Å². The molecule has 0 spiro atoms. The van der Waals surface area contributed by atoms with E-state index in [4.69, 9.17) is 0 Å². The Balaban J connectivity index is 1.33. The molecule has 3 amide bonds. The van der Waals surface area contributed by atoms with Crippen LogP contribution in [0.5, 0.6) is 0 Å². The van der Waals surface area contributed by atoms with Crippen LogP contribution >= 0.6 is 11.8 Å². The second-order valence-electron chi connectivity index (χ2n) is 8.35. The van der Waals surface area contributed by atoms with E-state index in [9.17, 15) is 14.4 Å². The number of thioether (sulfide) groups is 1. The molecule has 4 rings (SSSR count). The standard InChI is InChI=1S/C19H30N4O3S/c24-17(15-10-27-11-20-15)21-13-6-7-23-16(9-13)18(25)22-14(19(23)26)8-12-4-2-1-3-5-12/h12-16,20H,1-11H2,(H,21,24)(H,22,25). The molecule has 4 fully saturated rings. The quantitative estimate of drug-likeness (QED) is 0.649. The zero-order valence-corrected chi connectivity index (χ0v) is 16.6. The second kappa shape index (κ2) is 8.39. The van der Waals surface area contributed by atoms with Crippen LogP contribution in [0.25, 0.3) is 0 Å². The molecule has 7 nitrogen and oxygen atoms in total. The van der Waals surface area contributed by atoms with Crippen molar-refractivity contribution >= 4 is 29.5 Å². The highest BCUT2D eigenvalue weighted by Crippen LogP contribution is 2.30. The van der Waals surface area contributed by atoms with E-state index in [1.807, 2.05) is 0 Å². The van der Waals surface area contributed by atoms with Crippen molar-refractivity contribution in [2.45, 2.75) is 75.5 Å². The van der Waals surface area contributed by atoms with Gasteiger partial charge in [0.25, 0.3) is 0 Å². The monoisotopic (exact) mass is 394 g/mol. The highest BCUT2D eigenvalue weighted by Gasteiger charge is 2.44. The molecule has 0 aromatic carbocycles. The number of fused-ring (bicyclic) bond motifs is 1. The Hall–Kier alpha value is -1.28. The summed E-state index contributed by atoms with van der Waals surface area (Å²) in [6, 6.07) is -0.984. The third-order valence-electron chi connectivity index (χ3n) is 6.48. The Labute approximate surface area is 164 Å². The summed E-state index contributed by atoms with van der Waals surface area (Å²) in [5.74, 6) is 2.18. The molecule has 3 heterocycles. The van der Waals surface area contributed by atoms with Crippen LogP contribution in [0.4, 0.5) is 0 Å². The number of amides is 3. The third kappa shape index (κ3) is 4.26. The van der Waals surface area contributed by atoms with Crippen LogP contribution in [0.15, 0.2) is 0 Å². The third-order valence-corrected chi connectivity index (χ3v) is 7.42. The molecule has 0 bridgehead atoms. The lowest BCUT2D eigenvalue weighted by molar-refractivity contribution is -0.152. The summed E-state index contributed by atoms with van der Waals surface area (Å²) in [4.78, 5) is 39.7. The first-order valence-corrected chi connectivity index (χ1v) is 11.5. The summed E-state index contributed by atoms with van der Waals surface area (Å²) in [6.45, 7) is 0.551. The Morgan fingerprint density at radius 1 is 1.19 bits per heavy atom. The van der Waals surface area contributed by atoms with Crippen LogP contribution in [0.2, 0.25) is 0 Å². The van der Waals surface area contributed by atoms with Crippen molar-refractivity contribution < 1.29 is 14.4 Å². The van der Waals surface area contributed by atoms with Crippen LogP contribution < -0.4 is 16.0 Å². The Bertz CT molecular complexity index is 590. The SMILES string of the molecule is O=C(NC1CCN2C(=O)C(CC3CCCCC3)NC(=O)C2C1)C1CSCN1. The number of rotatable bonds is 4. The van der Waals surface area contributed by atoms with Gasteiger partial charge >= 0.3 is 0 Å². The lowest BCUT2D eigenvalue weighted by atomic mass is 9.83. The minimum atomic E-state index is -0.440. The minimum absolute atomic E-state index is 0.0103. The van der Waals surface area contributed by atoms with E-state index in [1.165, 1.54) is 32.1 Å². The average molecular weight is 395 g/mol. The molecule has 8 heteroatoms. The zero-order chi connectivity index (χ0) is 18.8. The van der Waals surface area contributed by atoms with Gasteiger partial charge in [0, 0.05) is 24.2 Å². The number of carbonyl (C=O) groups is 3. The Morgan fingerprint density at radius 2 is 2.00 bits per heavy atom. The Morgan fingerprint density at radius 3 is 2.74 bits per heavy atom. The molecule has 4 aliphatic rings. The number of nitrogens with zero attached hydrogens (tertiary/aromatic N) is 1. The van der Waals surface area contributed by atoms with Crippen molar-refractivity contribution in [3.8, 4) is 0 Å². The molecule has 1 saturated carbocycles. The molecule has 3 N–H and O–H groups in total. The summed E-state index contributed by atoms with van der Waals surface area (Å²) in [6.07, 6.45) is 8.12. The zero-order valence-electron chi connectivity index (χ0n) is 15.7. The number of hydrogen-bond donors (Lipinski definition) is 3. The Kier molecular flexibility index (Phi) is 5.92. The first-order chi connectivity index (χ1) is 13.1. The summed E-state index contributed by atoms with van der Waals surface area (Å²) in [7, 11) is 0. The normalized spacial score (nSPS) is 34.9. The van der Waals surface area contributed by atoms with Gasteiger partial charge in [-0.2, -0.15) is 0 Å². The first kappa shape index (κ1) is 19.1. The molecular formula is C19H30N4O3S. The largest absolute Gasteiger partial charge is 0.352 e. The molecule has 3 saturated heterocycles. The van der Waals surface area contributed by atoms with E-state index in [0.29, 0.717) is 18.9 Å². The molecule has 0 radical (unpaired) electrons. The smallest absolute Gasteiger partial charge is 0.245 e. The van der Waals surface area contributed by atoms with E-state index >= 15 is 0 Å². The predicted molar refractivity (Wildman–Crippen MR) is 104 cm³/mol. The lowest BCUT2D eigenvalue weighted by Gasteiger charge is -2.45. The van der Waals surface area contributed by atoms with Gasteiger partial charge in [0.2, 0.25) is 17.7 Å². The van der Waals surface area contributed by atoms with Gasteiger partial charge in [-0.05, 0) is 25.2 Å². The number of piperidine rings is 1. The fraction of sp³-hybridized carbons (Fsp3) is 0.842. The van der Waals surface area contributed by atoms with Crippen molar-refractivity contribution in [2.75, 3.05) is 18.2 Å². The molecule has 4 atom stereocenters. The first-order valence-electron chi connectivity index (χ1n) is 10.3. The highest BCUT2D eigenvalue weighted by atomic mass is 32.2. The fourth-order valence-electron chi connectivity index (χ4n) is 4.92. The molecule has 1 aliphatic carbocycles. The van der Waals surface area contributed by atoms with Crippen LogP contribution in [-0.4, -0.2) is 65.0 Å². The number of carbonyl (C=O) groups excluding carboxylic acids is 3. The number of piperazine rings is 1. The van der Waals surface area contributed by atoms with E-state index in [0.717, 1.165) is 24.5 Å². The van der Waals surface area contributed by atoms with Gasteiger partial charge in [0.15, 0.2) is 0 Å². The van der Waals surface area contributed by atoms with Crippen molar-refractivity contribution in [3.05, 3.63) is 0 Å². The van der Waals surface area contributed by atoms with Gasteiger partial charge in [-0.15, -0.1) is 11.8 Å². The predicted octanol–water partition coefficient (Wildman–Crippen LogP) is 0.594. The number of nitrogens with one attached hydrogen (secondary N) is 3. The van der Waals surface area contributed by atoms with Gasteiger partial charge in [-0.3, -0.25) is 19.7 Å². The van der Waals surface area contributed by atoms with Gasteiger partial charge in [0.05, 0.1) is 6.04 Å². The summed E-state index contributed by atoms with van der Waals surface area (Å²) in [5, 5.41) is 9.23. The van der Waals surface area contributed by atoms with Crippen LogP contribution in [0, 0.1) is 5.92 Å². The van der Waals surface area contributed by atoms with Crippen LogP contribution in [-0.2, 0) is 14.4 Å². The molecule has 3 aliphatic heterocycles. The van der Waals surface area contributed by atoms with E-state index in [-0.39, 0.29) is 35.8 Å². The second-order valence-corrected chi connectivity index (χ2v) is 9.38. The maximum Gasteiger partial charge on any atom is 0.245 e. The average Bonchev–Trinajstić information content (AvgIpc) is 3.22. The minimum Gasteiger partial charge on any atom is -0.352 e. The molecule has 150 valence electrons. The van der Waals surface area contributed by atoms with Crippen molar-refractivity contribution in [2.24, 2.45) is 5.92 Å². The molecule has 0 aromatic heterocycles. The topological polar surface area (TPSA) is 90.5 Å². The maximum absolute atomic E-state index is 12.9. The molecule has 27 heavy (non-hydrogen) atoms. The van der Waals surface area contributed by atoms with E-state index < -0.39 is 6.04 Å². The van der Waals surface area contributed by atoms with Crippen molar-refractivity contribution in [1.82, 2.24) is 20.9 Å². The molecule has 0 aromatic rings. The molecule has 4 unspecified atom stereocenters. The maximum atomic E-state index is 12.9. The summed E-state index contributed by atoms with van der Waals surface area (Å²) >= 11 is 1.72. The molecular weight excluding hydrogens is 364 g/mol. The highest BCUT2D eigenvalue weighted by molar-refractivity contribution is 7.99. The van der Waals surface area contributed by atoms with Crippen molar-refractivity contribution in [1.29, 1.82) is 0 Å². The van der Waals surface area contributed by atoms with Gasteiger partial charge in [0.1, 0.15) is 12.1 Å². The van der Waals surface area contributed by atoms with Crippen LogP contribution in [0.1, 0.15) is 51.4 Å².